The molecule has 0 radical (unpaired) electrons. The van der Waals surface area contributed by atoms with Gasteiger partial charge in [-0.15, -0.1) is 0 Å². The average molecular weight is 371 g/mol. The van der Waals surface area contributed by atoms with Crippen molar-refractivity contribution in [2.24, 2.45) is 0 Å². The molecule has 1 N–H and O–H groups in total. The Morgan fingerprint density at radius 3 is 2.75 bits per heavy atom. The maximum absolute atomic E-state index is 13.2. The summed E-state index contributed by atoms with van der Waals surface area (Å²) >= 11 is 0. The molecule has 0 spiro atoms. The first kappa shape index (κ1) is 16.1. The Balaban J connectivity index is 1.69. The third-order valence-electron chi connectivity index (χ3n) is 6.13. The van der Waals surface area contributed by atoms with E-state index in [2.05, 4.69) is 47.6 Å². The van der Waals surface area contributed by atoms with Gasteiger partial charge in [0.2, 0.25) is 0 Å². The number of oxazole rings is 1. The fraction of sp³-hybridized carbons (Fsp3) is 0.304. The monoisotopic (exact) mass is 371 g/mol. The van der Waals surface area contributed by atoms with Gasteiger partial charge in [0.15, 0.2) is 17.0 Å². The SMILES string of the molecule is Cc1nc2c(=O)n(C3CC3)c3c(C)c(-c4ccc5c(c4)CNC5)ccc3c2o1. The number of aryl methyl sites for hydroxylation is 2. The maximum atomic E-state index is 13.2. The molecule has 2 aliphatic rings. The second-order valence-corrected chi connectivity index (χ2v) is 8.04. The summed E-state index contributed by atoms with van der Waals surface area (Å²) in [5, 5.41) is 4.39. The lowest BCUT2D eigenvalue weighted by atomic mass is 9.95. The van der Waals surface area contributed by atoms with E-state index in [-0.39, 0.29) is 11.6 Å². The highest BCUT2D eigenvalue weighted by molar-refractivity contribution is 6.04. The van der Waals surface area contributed by atoms with Crippen molar-refractivity contribution in [2.45, 2.75) is 45.8 Å². The lowest BCUT2D eigenvalue weighted by molar-refractivity contribution is 0.563. The zero-order valence-electron chi connectivity index (χ0n) is 16.0. The number of pyridine rings is 1. The van der Waals surface area contributed by atoms with Gasteiger partial charge in [-0.1, -0.05) is 18.2 Å². The van der Waals surface area contributed by atoms with Crippen molar-refractivity contribution in [3.63, 3.8) is 0 Å². The van der Waals surface area contributed by atoms with Crippen LogP contribution in [0.5, 0.6) is 0 Å². The second-order valence-electron chi connectivity index (χ2n) is 8.04. The number of aromatic nitrogens is 2. The van der Waals surface area contributed by atoms with Crippen LogP contribution in [0.1, 0.15) is 41.5 Å². The zero-order chi connectivity index (χ0) is 19.0. The van der Waals surface area contributed by atoms with E-state index >= 15 is 0 Å². The number of hydrogen-bond acceptors (Lipinski definition) is 4. The Morgan fingerprint density at radius 1 is 1.11 bits per heavy atom. The molecule has 0 bridgehead atoms. The summed E-state index contributed by atoms with van der Waals surface area (Å²) in [5.41, 5.74) is 8.26. The van der Waals surface area contributed by atoms with Gasteiger partial charge in [-0.05, 0) is 59.7 Å². The molecule has 2 aromatic carbocycles. The average Bonchev–Trinajstić information content (AvgIpc) is 3.26. The normalized spacial score (nSPS) is 16.2. The van der Waals surface area contributed by atoms with Crippen molar-refractivity contribution >= 4 is 22.0 Å². The molecule has 3 heterocycles. The van der Waals surface area contributed by atoms with Crippen molar-refractivity contribution in [3.05, 3.63) is 63.3 Å². The molecule has 5 heteroatoms. The van der Waals surface area contributed by atoms with Gasteiger partial charge in [0.25, 0.3) is 5.56 Å². The van der Waals surface area contributed by atoms with Crippen molar-refractivity contribution in [2.75, 3.05) is 0 Å². The van der Waals surface area contributed by atoms with Crippen LogP contribution in [0, 0.1) is 13.8 Å². The first-order valence-electron chi connectivity index (χ1n) is 9.89. The van der Waals surface area contributed by atoms with Gasteiger partial charge >= 0.3 is 0 Å². The quantitative estimate of drug-likeness (QED) is 0.569. The van der Waals surface area contributed by atoms with Gasteiger partial charge in [-0.3, -0.25) is 4.79 Å². The molecule has 0 saturated heterocycles. The largest absolute Gasteiger partial charge is 0.440 e. The third-order valence-corrected chi connectivity index (χ3v) is 6.13. The summed E-state index contributed by atoms with van der Waals surface area (Å²) in [4.78, 5) is 17.6. The van der Waals surface area contributed by atoms with Gasteiger partial charge in [0, 0.05) is 31.4 Å². The summed E-state index contributed by atoms with van der Waals surface area (Å²) in [6.45, 7) is 5.78. The van der Waals surface area contributed by atoms with E-state index in [9.17, 15) is 4.79 Å². The van der Waals surface area contributed by atoms with Crippen LogP contribution in [-0.2, 0) is 13.1 Å². The molecule has 0 amide bonds. The van der Waals surface area contributed by atoms with E-state index in [1.165, 1.54) is 22.3 Å². The van der Waals surface area contributed by atoms with Crippen molar-refractivity contribution < 1.29 is 4.42 Å². The number of benzene rings is 2. The highest BCUT2D eigenvalue weighted by atomic mass is 16.3. The highest BCUT2D eigenvalue weighted by Crippen LogP contribution is 2.40. The summed E-state index contributed by atoms with van der Waals surface area (Å²) in [6, 6.07) is 11.2. The number of nitrogens with zero attached hydrogens (tertiary/aromatic N) is 2. The van der Waals surface area contributed by atoms with Gasteiger partial charge in [-0.25, -0.2) is 4.98 Å². The Hall–Kier alpha value is -2.92. The van der Waals surface area contributed by atoms with Crippen molar-refractivity contribution in [1.29, 1.82) is 0 Å². The Kier molecular flexibility index (Phi) is 3.19. The van der Waals surface area contributed by atoms with E-state index in [4.69, 9.17) is 4.42 Å². The molecule has 6 rings (SSSR count). The molecule has 140 valence electrons. The number of hydrogen-bond donors (Lipinski definition) is 1. The van der Waals surface area contributed by atoms with Gasteiger partial charge < -0.3 is 14.3 Å². The van der Waals surface area contributed by atoms with E-state index in [1.807, 2.05) is 4.57 Å². The maximum Gasteiger partial charge on any atom is 0.281 e. The molecule has 0 unspecified atom stereocenters. The van der Waals surface area contributed by atoms with Crippen LogP contribution in [0.15, 0.2) is 39.5 Å². The number of rotatable bonds is 2. The van der Waals surface area contributed by atoms with E-state index in [0.717, 1.165) is 42.4 Å². The molecule has 5 nitrogen and oxygen atoms in total. The number of fused-ring (bicyclic) bond motifs is 4. The molecule has 1 aliphatic carbocycles. The summed E-state index contributed by atoms with van der Waals surface area (Å²) in [5.74, 6) is 0.537. The highest BCUT2D eigenvalue weighted by Gasteiger charge is 2.30. The molecular weight excluding hydrogens is 350 g/mol. The predicted molar refractivity (Wildman–Crippen MR) is 109 cm³/mol. The second kappa shape index (κ2) is 5.55. The molecule has 1 aliphatic heterocycles. The lowest BCUT2D eigenvalue weighted by Crippen LogP contribution is -2.20. The third kappa shape index (κ3) is 2.17. The van der Waals surface area contributed by atoms with E-state index in [0.29, 0.717) is 17.0 Å². The Labute approximate surface area is 162 Å². The van der Waals surface area contributed by atoms with Crippen molar-refractivity contribution in [1.82, 2.24) is 14.9 Å². The first-order valence-corrected chi connectivity index (χ1v) is 9.89. The van der Waals surface area contributed by atoms with Crippen LogP contribution in [-0.4, -0.2) is 9.55 Å². The Bertz CT molecular complexity index is 1340. The molecule has 1 saturated carbocycles. The number of nitrogens with one attached hydrogen (secondary N) is 1. The molecule has 28 heavy (non-hydrogen) atoms. The molecular formula is C23H21N3O2. The lowest BCUT2D eigenvalue weighted by Gasteiger charge is -2.16. The van der Waals surface area contributed by atoms with Crippen LogP contribution in [0.25, 0.3) is 33.1 Å². The molecule has 1 fully saturated rings. The minimum absolute atomic E-state index is 0.0275. The minimum Gasteiger partial charge on any atom is -0.440 e. The Morgan fingerprint density at radius 2 is 1.93 bits per heavy atom. The minimum atomic E-state index is -0.0275. The van der Waals surface area contributed by atoms with Crippen molar-refractivity contribution in [3.8, 4) is 11.1 Å². The fourth-order valence-corrected chi connectivity index (χ4v) is 4.62. The standard InChI is InChI=1S/C23H21N3O2/c1-12-18(14-3-4-15-10-24-11-16(15)9-14)7-8-19-21(12)26(17-5-6-17)23(27)20-22(19)28-13(2)25-20/h3-4,7-9,17,24H,5-6,10-11H2,1-2H3. The molecule has 4 aromatic rings. The van der Waals surface area contributed by atoms with E-state index < -0.39 is 0 Å². The van der Waals surface area contributed by atoms with Crippen LogP contribution in [0.4, 0.5) is 0 Å². The van der Waals surface area contributed by atoms with Gasteiger partial charge in [0.1, 0.15) is 0 Å². The van der Waals surface area contributed by atoms with Crippen LogP contribution in [0.3, 0.4) is 0 Å². The molecule has 0 atom stereocenters. The molecule has 2 aromatic heterocycles. The summed E-state index contributed by atoms with van der Waals surface area (Å²) < 4.78 is 7.81. The topological polar surface area (TPSA) is 60.1 Å². The van der Waals surface area contributed by atoms with Crippen LogP contribution in [0.2, 0.25) is 0 Å². The predicted octanol–water partition coefficient (Wildman–Crippen LogP) is 4.36. The summed E-state index contributed by atoms with van der Waals surface area (Å²) in [7, 11) is 0. The van der Waals surface area contributed by atoms with Gasteiger partial charge in [0.05, 0.1) is 5.52 Å². The van der Waals surface area contributed by atoms with Crippen LogP contribution >= 0.6 is 0 Å². The fourth-order valence-electron chi connectivity index (χ4n) is 4.62. The smallest absolute Gasteiger partial charge is 0.281 e. The summed E-state index contributed by atoms with van der Waals surface area (Å²) in [6.07, 6.45) is 2.09. The van der Waals surface area contributed by atoms with Crippen LogP contribution < -0.4 is 10.9 Å². The van der Waals surface area contributed by atoms with Gasteiger partial charge in [-0.2, -0.15) is 0 Å². The van der Waals surface area contributed by atoms with E-state index in [1.54, 1.807) is 6.92 Å². The first-order chi connectivity index (χ1) is 13.6. The zero-order valence-corrected chi connectivity index (χ0v) is 16.0.